The predicted octanol–water partition coefficient (Wildman–Crippen LogP) is 10.4. The quantitative estimate of drug-likeness (QED) is 0.215. The SMILES string of the molecule is c1ccc2c(c1)-c1cccc3c(-n4c5cccc6c5c5c7c(cccc7ccc54)-c4ccccc4-6)ccc-2c13. The first kappa shape index (κ1) is 19.9. The molecule has 1 aromatic heterocycles. The lowest BCUT2D eigenvalue weighted by atomic mass is 9.93. The van der Waals surface area contributed by atoms with Crippen molar-refractivity contribution in [1.29, 1.82) is 0 Å². The lowest BCUT2D eigenvalue weighted by Crippen LogP contribution is -1.96. The van der Waals surface area contributed by atoms with E-state index in [2.05, 4.69) is 132 Å². The van der Waals surface area contributed by atoms with Gasteiger partial charge in [0.1, 0.15) is 0 Å². The summed E-state index contributed by atoms with van der Waals surface area (Å²) in [6, 6.07) is 47.4. The second-order valence-electron chi connectivity index (χ2n) is 10.9. The lowest BCUT2D eigenvalue weighted by Gasteiger charge is -2.15. The molecule has 10 rings (SSSR count). The van der Waals surface area contributed by atoms with E-state index in [9.17, 15) is 0 Å². The minimum atomic E-state index is 1.24. The maximum Gasteiger partial charge on any atom is 0.0548 e. The fourth-order valence-electron chi connectivity index (χ4n) is 7.58. The largest absolute Gasteiger partial charge is 0.309 e. The van der Waals surface area contributed by atoms with E-state index in [1.165, 1.54) is 93.5 Å². The van der Waals surface area contributed by atoms with E-state index < -0.39 is 0 Å². The summed E-state index contributed by atoms with van der Waals surface area (Å²) in [5.74, 6) is 0. The van der Waals surface area contributed by atoms with Gasteiger partial charge in [-0.05, 0) is 78.9 Å². The molecule has 0 aliphatic heterocycles. The monoisotopic (exact) mass is 491 g/mol. The van der Waals surface area contributed by atoms with Crippen LogP contribution in [-0.2, 0) is 0 Å². The van der Waals surface area contributed by atoms with E-state index in [0.29, 0.717) is 0 Å². The van der Waals surface area contributed by atoms with Crippen LogP contribution in [0.4, 0.5) is 0 Å². The van der Waals surface area contributed by atoms with Crippen molar-refractivity contribution in [3.05, 3.63) is 127 Å². The van der Waals surface area contributed by atoms with Crippen LogP contribution in [0.25, 0.3) is 93.5 Å². The molecule has 0 bridgehead atoms. The third-order valence-electron chi connectivity index (χ3n) is 9.07. The highest BCUT2D eigenvalue weighted by molar-refractivity contribution is 6.31. The van der Waals surface area contributed by atoms with Crippen LogP contribution in [0.3, 0.4) is 0 Å². The molecular formula is C38H21N. The first-order valence-corrected chi connectivity index (χ1v) is 13.6. The molecule has 2 aliphatic rings. The van der Waals surface area contributed by atoms with Crippen LogP contribution < -0.4 is 0 Å². The van der Waals surface area contributed by atoms with Crippen molar-refractivity contribution in [2.45, 2.75) is 0 Å². The number of nitrogens with zero attached hydrogens (tertiary/aromatic N) is 1. The summed E-state index contributed by atoms with van der Waals surface area (Å²) in [6.07, 6.45) is 0. The number of benzene rings is 7. The molecule has 0 fully saturated rings. The average Bonchev–Trinajstić information content (AvgIpc) is 3.47. The van der Waals surface area contributed by atoms with Crippen LogP contribution in [-0.4, -0.2) is 4.57 Å². The minimum Gasteiger partial charge on any atom is -0.309 e. The van der Waals surface area contributed by atoms with Crippen LogP contribution in [0.5, 0.6) is 0 Å². The van der Waals surface area contributed by atoms with Crippen molar-refractivity contribution in [2.24, 2.45) is 0 Å². The number of rotatable bonds is 1. The van der Waals surface area contributed by atoms with Gasteiger partial charge in [-0.3, -0.25) is 0 Å². The number of aromatic nitrogens is 1. The summed E-state index contributed by atoms with van der Waals surface area (Å²) in [7, 11) is 0. The average molecular weight is 492 g/mol. The molecule has 0 saturated heterocycles. The second kappa shape index (κ2) is 6.83. The standard InChI is InChI=1S/C38H21N/c1-3-11-25-23(9-1)27-13-5-8-22-18-20-34-38(35(22)27)37-29(25)15-7-17-33(37)39(34)32-21-19-30-26-12-4-2-10-24(26)28-14-6-16-31(32)36(28)30/h1-21H. The molecule has 0 saturated carbocycles. The first-order chi connectivity index (χ1) is 19.4. The summed E-state index contributed by atoms with van der Waals surface area (Å²) < 4.78 is 2.52. The molecular weight excluding hydrogens is 470 g/mol. The highest BCUT2D eigenvalue weighted by Gasteiger charge is 2.27. The van der Waals surface area contributed by atoms with Gasteiger partial charge in [-0.25, -0.2) is 0 Å². The Morgan fingerprint density at radius 1 is 0.308 bits per heavy atom. The Morgan fingerprint density at radius 2 is 0.846 bits per heavy atom. The van der Waals surface area contributed by atoms with Gasteiger partial charge in [0.25, 0.3) is 0 Å². The summed E-state index contributed by atoms with van der Waals surface area (Å²) in [5, 5.41) is 8.02. The van der Waals surface area contributed by atoms with E-state index in [0.717, 1.165) is 0 Å². The van der Waals surface area contributed by atoms with Gasteiger partial charge in [-0.15, -0.1) is 0 Å². The lowest BCUT2D eigenvalue weighted by molar-refractivity contribution is 1.20. The van der Waals surface area contributed by atoms with Gasteiger partial charge in [-0.1, -0.05) is 109 Å². The minimum absolute atomic E-state index is 1.24. The molecule has 39 heavy (non-hydrogen) atoms. The van der Waals surface area contributed by atoms with E-state index >= 15 is 0 Å². The predicted molar refractivity (Wildman–Crippen MR) is 165 cm³/mol. The van der Waals surface area contributed by atoms with Crippen molar-refractivity contribution >= 4 is 43.4 Å². The molecule has 0 atom stereocenters. The van der Waals surface area contributed by atoms with Crippen molar-refractivity contribution in [3.63, 3.8) is 0 Å². The molecule has 1 heteroatoms. The van der Waals surface area contributed by atoms with Gasteiger partial charge in [-0.2, -0.15) is 0 Å². The van der Waals surface area contributed by atoms with E-state index in [1.54, 1.807) is 0 Å². The van der Waals surface area contributed by atoms with Gasteiger partial charge >= 0.3 is 0 Å². The van der Waals surface area contributed by atoms with Gasteiger partial charge < -0.3 is 4.57 Å². The topological polar surface area (TPSA) is 4.93 Å². The molecule has 0 amide bonds. The zero-order valence-corrected chi connectivity index (χ0v) is 21.1. The summed E-state index contributed by atoms with van der Waals surface area (Å²) >= 11 is 0. The van der Waals surface area contributed by atoms with Gasteiger partial charge in [0.2, 0.25) is 0 Å². The molecule has 0 unspecified atom stereocenters. The molecule has 2 aliphatic carbocycles. The normalized spacial score (nSPS) is 12.6. The van der Waals surface area contributed by atoms with Crippen molar-refractivity contribution in [3.8, 4) is 50.2 Å². The maximum atomic E-state index is 2.52. The molecule has 178 valence electrons. The highest BCUT2D eigenvalue weighted by Crippen LogP contribution is 2.52. The third kappa shape index (κ3) is 2.29. The second-order valence-corrected chi connectivity index (χ2v) is 10.9. The molecule has 1 heterocycles. The Bertz CT molecular complexity index is 2350. The van der Waals surface area contributed by atoms with Gasteiger partial charge in [0.05, 0.1) is 16.7 Å². The van der Waals surface area contributed by atoms with Crippen LogP contribution in [0.1, 0.15) is 0 Å². The Morgan fingerprint density at radius 3 is 1.56 bits per heavy atom. The summed E-state index contributed by atoms with van der Waals surface area (Å²) in [6.45, 7) is 0. The molecule has 7 aromatic carbocycles. The number of hydrogen-bond acceptors (Lipinski definition) is 0. The fraction of sp³-hybridized carbons (Fsp3) is 0. The number of hydrogen-bond donors (Lipinski definition) is 0. The molecule has 0 radical (unpaired) electrons. The zero-order valence-electron chi connectivity index (χ0n) is 21.1. The Balaban J connectivity index is 1.43. The molecule has 0 N–H and O–H groups in total. The van der Waals surface area contributed by atoms with Crippen LogP contribution in [0, 0.1) is 0 Å². The molecule has 8 aromatic rings. The van der Waals surface area contributed by atoms with Crippen molar-refractivity contribution in [1.82, 2.24) is 4.57 Å². The summed E-state index contributed by atoms with van der Waals surface area (Å²) in [4.78, 5) is 0. The highest BCUT2D eigenvalue weighted by atomic mass is 15.0. The Hall–Kier alpha value is -5.14. The van der Waals surface area contributed by atoms with E-state index in [4.69, 9.17) is 0 Å². The van der Waals surface area contributed by atoms with Crippen LogP contribution in [0.2, 0.25) is 0 Å². The molecule has 1 nitrogen and oxygen atoms in total. The van der Waals surface area contributed by atoms with Gasteiger partial charge in [0, 0.05) is 16.2 Å². The van der Waals surface area contributed by atoms with E-state index in [1.807, 2.05) is 0 Å². The zero-order chi connectivity index (χ0) is 25.2. The third-order valence-corrected chi connectivity index (χ3v) is 9.07. The van der Waals surface area contributed by atoms with Crippen molar-refractivity contribution in [2.75, 3.05) is 0 Å². The Kier molecular flexibility index (Phi) is 3.49. The number of fused-ring (bicyclic) bond motifs is 6. The first-order valence-electron chi connectivity index (χ1n) is 13.6. The Labute approximate surface area is 225 Å². The van der Waals surface area contributed by atoms with Crippen molar-refractivity contribution < 1.29 is 0 Å². The van der Waals surface area contributed by atoms with Crippen LogP contribution in [0.15, 0.2) is 127 Å². The van der Waals surface area contributed by atoms with Crippen LogP contribution >= 0.6 is 0 Å². The summed E-state index contributed by atoms with van der Waals surface area (Å²) in [5.41, 5.74) is 14.4. The fourth-order valence-corrected chi connectivity index (χ4v) is 7.58. The smallest absolute Gasteiger partial charge is 0.0548 e. The maximum absolute atomic E-state index is 2.52. The van der Waals surface area contributed by atoms with E-state index in [-0.39, 0.29) is 0 Å². The van der Waals surface area contributed by atoms with Gasteiger partial charge in [0.15, 0.2) is 0 Å². The molecule has 0 spiro atoms.